The number of hydrogen-bond donors (Lipinski definition) is 2. The van der Waals surface area contributed by atoms with Crippen LogP contribution in [-0.2, 0) is 20.0 Å². The molecule has 0 spiro atoms. The van der Waals surface area contributed by atoms with Crippen LogP contribution >= 0.6 is 0 Å². The lowest BCUT2D eigenvalue weighted by Gasteiger charge is -2.11. The summed E-state index contributed by atoms with van der Waals surface area (Å²) < 4.78 is 60.8. The standard InChI is InChI=1S/C23H19N3O5S2/c27-32(28,22-15-11-20(12-16-22)31-19-6-2-1-3-7-19)25-18-9-13-21(14-10-18)33(29,30)26-23-8-4-5-17-24-23/h1-17,25H,(H,24,26). The van der Waals surface area contributed by atoms with Crippen molar-refractivity contribution in [3.8, 4) is 11.5 Å². The minimum atomic E-state index is -3.88. The topological polar surface area (TPSA) is 114 Å². The van der Waals surface area contributed by atoms with E-state index >= 15 is 0 Å². The summed E-state index contributed by atoms with van der Waals surface area (Å²) in [6.45, 7) is 0. The molecule has 0 aliphatic rings. The highest BCUT2D eigenvalue weighted by Crippen LogP contribution is 2.24. The minimum absolute atomic E-state index is 0.0292. The van der Waals surface area contributed by atoms with Crippen molar-refractivity contribution in [1.82, 2.24) is 4.98 Å². The number of ether oxygens (including phenoxy) is 1. The van der Waals surface area contributed by atoms with Gasteiger partial charge in [0, 0.05) is 11.9 Å². The third-order valence-electron chi connectivity index (χ3n) is 4.43. The van der Waals surface area contributed by atoms with Crippen LogP contribution in [0.4, 0.5) is 11.5 Å². The van der Waals surface area contributed by atoms with Crippen molar-refractivity contribution in [2.45, 2.75) is 9.79 Å². The van der Waals surface area contributed by atoms with Crippen molar-refractivity contribution in [2.24, 2.45) is 0 Å². The van der Waals surface area contributed by atoms with Gasteiger partial charge in [-0.05, 0) is 72.8 Å². The lowest BCUT2D eigenvalue weighted by atomic mass is 10.3. The van der Waals surface area contributed by atoms with E-state index in [1.54, 1.807) is 36.4 Å². The van der Waals surface area contributed by atoms with Gasteiger partial charge in [-0.1, -0.05) is 24.3 Å². The lowest BCUT2D eigenvalue weighted by Crippen LogP contribution is -2.15. The molecule has 1 heterocycles. The Hall–Kier alpha value is -3.89. The van der Waals surface area contributed by atoms with E-state index in [-0.39, 0.29) is 21.3 Å². The van der Waals surface area contributed by atoms with Crippen LogP contribution in [0, 0.1) is 0 Å². The number of aromatic nitrogens is 1. The summed E-state index contributed by atoms with van der Waals surface area (Å²) in [6.07, 6.45) is 1.47. The zero-order chi connectivity index (χ0) is 23.3. The van der Waals surface area contributed by atoms with Crippen molar-refractivity contribution >= 4 is 31.6 Å². The normalized spacial score (nSPS) is 11.5. The second kappa shape index (κ2) is 9.31. The van der Waals surface area contributed by atoms with Crippen molar-refractivity contribution in [2.75, 3.05) is 9.44 Å². The first-order chi connectivity index (χ1) is 15.8. The Kier molecular flexibility index (Phi) is 6.29. The van der Waals surface area contributed by atoms with E-state index in [0.29, 0.717) is 11.5 Å². The minimum Gasteiger partial charge on any atom is -0.457 e. The van der Waals surface area contributed by atoms with E-state index < -0.39 is 20.0 Å². The molecule has 3 aromatic carbocycles. The van der Waals surface area contributed by atoms with E-state index in [9.17, 15) is 16.8 Å². The number of nitrogens with zero attached hydrogens (tertiary/aromatic N) is 1. The highest BCUT2D eigenvalue weighted by molar-refractivity contribution is 7.93. The Balaban J connectivity index is 1.45. The summed E-state index contributed by atoms with van der Waals surface area (Å²) in [5.74, 6) is 1.32. The fraction of sp³-hybridized carbons (Fsp3) is 0. The molecule has 0 unspecified atom stereocenters. The van der Waals surface area contributed by atoms with Crippen LogP contribution in [0.5, 0.6) is 11.5 Å². The molecule has 0 amide bonds. The molecular formula is C23H19N3O5S2. The van der Waals surface area contributed by atoms with Gasteiger partial charge in [-0.15, -0.1) is 0 Å². The zero-order valence-corrected chi connectivity index (χ0v) is 18.8. The van der Waals surface area contributed by atoms with Crippen LogP contribution in [0.3, 0.4) is 0 Å². The summed E-state index contributed by atoms with van der Waals surface area (Å²) in [6, 6.07) is 25.3. The van der Waals surface area contributed by atoms with Gasteiger partial charge in [0.1, 0.15) is 17.3 Å². The van der Waals surface area contributed by atoms with Crippen LogP contribution in [0.2, 0.25) is 0 Å². The van der Waals surface area contributed by atoms with Gasteiger partial charge in [-0.2, -0.15) is 0 Å². The summed E-state index contributed by atoms with van der Waals surface area (Å²) in [4.78, 5) is 3.94. The lowest BCUT2D eigenvalue weighted by molar-refractivity contribution is 0.482. The SMILES string of the molecule is O=S(=O)(Nc1ccc(S(=O)(=O)Nc2ccccn2)cc1)c1ccc(Oc2ccccc2)cc1. The van der Waals surface area contributed by atoms with E-state index in [1.807, 2.05) is 18.2 Å². The van der Waals surface area contributed by atoms with Gasteiger partial charge in [-0.25, -0.2) is 21.8 Å². The van der Waals surface area contributed by atoms with Gasteiger partial charge in [0.2, 0.25) is 0 Å². The van der Waals surface area contributed by atoms with Crippen LogP contribution < -0.4 is 14.2 Å². The molecule has 0 saturated heterocycles. The number of nitrogens with one attached hydrogen (secondary N) is 2. The van der Waals surface area contributed by atoms with Gasteiger partial charge >= 0.3 is 0 Å². The Morgan fingerprint density at radius 1 is 0.576 bits per heavy atom. The average molecular weight is 482 g/mol. The van der Waals surface area contributed by atoms with Crippen LogP contribution in [0.25, 0.3) is 0 Å². The molecule has 0 aliphatic carbocycles. The van der Waals surface area contributed by atoms with Gasteiger partial charge in [0.25, 0.3) is 20.0 Å². The molecule has 4 rings (SSSR count). The number of rotatable bonds is 8. The van der Waals surface area contributed by atoms with Gasteiger partial charge in [-0.3, -0.25) is 9.44 Å². The number of para-hydroxylation sites is 1. The Morgan fingerprint density at radius 2 is 1.12 bits per heavy atom. The van der Waals surface area contributed by atoms with E-state index in [0.717, 1.165) is 0 Å². The van der Waals surface area contributed by atoms with Crippen molar-refractivity contribution in [1.29, 1.82) is 0 Å². The first-order valence-corrected chi connectivity index (χ1v) is 12.7. The smallest absolute Gasteiger partial charge is 0.263 e. The average Bonchev–Trinajstić information content (AvgIpc) is 2.81. The quantitative estimate of drug-likeness (QED) is 0.384. The zero-order valence-electron chi connectivity index (χ0n) is 17.1. The predicted molar refractivity (Wildman–Crippen MR) is 125 cm³/mol. The largest absolute Gasteiger partial charge is 0.457 e. The molecular weight excluding hydrogens is 462 g/mol. The third-order valence-corrected chi connectivity index (χ3v) is 7.20. The fourth-order valence-corrected chi connectivity index (χ4v) is 4.91. The second-order valence-electron chi connectivity index (χ2n) is 6.84. The molecule has 2 N–H and O–H groups in total. The fourth-order valence-electron chi connectivity index (χ4n) is 2.85. The summed E-state index contributed by atoms with van der Waals surface area (Å²) in [5.41, 5.74) is 0.219. The number of hydrogen-bond acceptors (Lipinski definition) is 6. The molecule has 4 aromatic rings. The van der Waals surface area contributed by atoms with E-state index in [1.165, 1.54) is 48.7 Å². The van der Waals surface area contributed by atoms with Gasteiger partial charge in [0.05, 0.1) is 9.79 Å². The molecule has 0 fully saturated rings. The Labute approximate surface area is 192 Å². The van der Waals surface area contributed by atoms with Gasteiger partial charge < -0.3 is 4.74 Å². The maximum atomic E-state index is 12.7. The van der Waals surface area contributed by atoms with Crippen molar-refractivity contribution in [3.63, 3.8) is 0 Å². The second-order valence-corrected chi connectivity index (χ2v) is 10.2. The molecule has 168 valence electrons. The van der Waals surface area contributed by atoms with Gasteiger partial charge in [0.15, 0.2) is 0 Å². The highest BCUT2D eigenvalue weighted by atomic mass is 32.2. The Bertz CT molecular complexity index is 1430. The summed E-state index contributed by atoms with van der Waals surface area (Å²) >= 11 is 0. The molecule has 0 atom stereocenters. The first-order valence-electron chi connectivity index (χ1n) is 9.72. The van der Waals surface area contributed by atoms with Crippen molar-refractivity contribution < 1.29 is 21.6 Å². The molecule has 8 nitrogen and oxygen atoms in total. The number of benzene rings is 3. The molecule has 33 heavy (non-hydrogen) atoms. The maximum Gasteiger partial charge on any atom is 0.263 e. The number of pyridine rings is 1. The van der Waals surface area contributed by atoms with Crippen LogP contribution in [0.1, 0.15) is 0 Å². The molecule has 10 heteroatoms. The first kappa shape index (κ1) is 22.3. The molecule has 0 aliphatic heterocycles. The highest BCUT2D eigenvalue weighted by Gasteiger charge is 2.17. The molecule has 0 saturated carbocycles. The third kappa shape index (κ3) is 5.68. The maximum absolute atomic E-state index is 12.7. The predicted octanol–water partition coefficient (Wildman–Crippen LogP) is 4.48. The molecule has 0 bridgehead atoms. The van der Waals surface area contributed by atoms with E-state index in [4.69, 9.17) is 4.74 Å². The Morgan fingerprint density at radius 3 is 1.73 bits per heavy atom. The summed E-state index contributed by atoms with van der Waals surface area (Å²) in [5, 5.41) is 0. The number of sulfonamides is 2. The molecule has 0 radical (unpaired) electrons. The molecule has 1 aromatic heterocycles. The van der Waals surface area contributed by atoms with E-state index in [2.05, 4.69) is 14.4 Å². The summed E-state index contributed by atoms with van der Waals surface area (Å²) in [7, 11) is -7.74. The monoisotopic (exact) mass is 481 g/mol. The van der Waals surface area contributed by atoms with Crippen LogP contribution in [-0.4, -0.2) is 21.8 Å². The number of anilines is 2. The van der Waals surface area contributed by atoms with Crippen LogP contribution in [0.15, 0.2) is 113 Å². The van der Waals surface area contributed by atoms with Crippen molar-refractivity contribution in [3.05, 3.63) is 103 Å².